The summed E-state index contributed by atoms with van der Waals surface area (Å²) < 4.78 is 7.80. The van der Waals surface area contributed by atoms with E-state index in [1.54, 1.807) is 0 Å². The maximum atomic E-state index is 5.97. The molecule has 1 N–H and O–H groups in total. The molecule has 2 saturated heterocycles. The third-order valence-corrected chi connectivity index (χ3v) is 5.21. The molecule has 2 unspecified atom stereocenters. The number of hydrogen-bond donors (Lipinski definition) is 1. The fourth-order valence-electron chi connectivity index (χ4n) is 3.87. The van der Waals surface area contributed by atoms with Crippen LogP contribution in [0.4, 0.5) is 0 Å². The molecule has 0 aliphatic carbocycles. The van der Waals surface area contributed by atoms with Gasteiger partial charge in [-0.05, 0) is 38.8 Å². The summed E-state index contributed by atoms with van der Waals surface area (Å²) in [6.45, 7) is 12.3. The Morgan fingerprint density at radius 2 is 2.19 bits per heavy atom. The standard InChI is InChI=1S/C19H34N6O.HI/c1-4-7-24-8-6-16(13-24)11-21-19(20-5-2)25-9-10-26-18(15-25)17-12-22-23(3)14-17;/h12,14,16,18H,4-11,13,15H2,1-3H3,(H,20,21);1H. The Hall–Kier alpha value is -0.870. The molecule has 0 aromatic carbocycles. The van der Waals surface area contributed by atoms with Crippen LogP contribution in [-0.4, -0.2) is 78.0 Å². The number of likely N-dealkylation sites (tertiary alicyclic amines) is 1. The molecule has 154 valence electrons. The summed E-state index contributed by atoms with van der Waals surface area (Å²) >= 11 is 0. The number of aromatic nitrogens is 2. The van der Waals surface area contributed by atoms with Crippen molar-refractivity contribution in [3.8, 4) is 0 Å². The normalized spacial score (nSPS) is 24.1. The van der Waals surface area contributed by atoms with Gasteiger partial charge in [0, 0.05) is 45.0 Å². The summed E-state index contributed by atoms with van der Waals surface area (Å²) in [4.78, 5) is 9.88. The van der Waals surface area contributed by atoms with Gasteiger partial charge in [-0.25, -0.2) is 0 Å². The van der Waals surface area contributed by atoms with Crippen molar-refractivity contribution in [3.05, 3.63) is 18.0 Å². The Bertz CT molecular complexity index is 593. The average Bonchev–Trinajstić information content (AvgIpc) is 3.28. The zero-order valence-corrected chi connectivity index (χ0v) is 19.3. The second kappa shape index (κ2) is 11.2. The summed E-state index contributed by atoms with van der Waals surface area (Å²) in [5, 5.41) is 7.75. The molecule has 2 fully saturated rings. The van der Waals surface area contributed by atoms with Crippen molar-refractivity contribution in [1.82, 2.24) is 24.9 Å². The Morgan fingerprint density at radius 1 is 1.33 bits per heavy atom. The van der Waals surface area contributed by atoms with Gasteiger partial charge in [-0.2, -0.15) is 5.10 Å². The number of ether oxygens (including phenoxy) is 1. The van der Waals surface area contributed by atoms with E-state index in [9.17, 15) is 0 Å². The van der Waals surface area contributed by atoms with Crippen LogP contribution in [0.1, 0.15) is 38.4 Å². The van der Waals surface area contributed by atoms with Gasteiger partial charge in [0.15, 0.2) is 5.96 Å². The molecular formula is C19H35IN6O. The Kier molecular flexibility index (Phi) is 9.31. The molecule has 0 spiro atoms. The summed E-state index contributed by atoms with van der Waals surface area (Å²) in [5.41, 5.74) is 1.14. The van der Waals surface area contributed by atoms with Gasteiger partial charge < -0.3 is 19.9 Å². The van der Waals surface area contributed by atoms with Gasteiger partial charge in [0.25, 0.3) is 0 Å². The molecule has 2 aliphatic heterocycles. The van der Waals surface area contributed by atoms with Gasteiger partial charge in [-0.15, -0.1) is 24.0 Å². The Labute approximate surface area is 180 Å². The molecule has 2 atom stereocenters. The monoisotopic (exact) mass is 490 g/mol. The number of halogens is 1. The lowest BCUT2D eigenvalue weighted by Gasteiger charge is -2.35. The maximum Gasteiger partial charge on any atom is 0.194 e. The molecule has 1 aromatic rings. The number of nitrogens with one attached hydrogen (secondary N) is 1. The molecule has 1 aromatic heterocycles. The molecule has 3 heterocycles. The van der Waals surface area contributed by atoms with Gasteiger partial charge in [0.2, 0.25) is 0 Å². The highest BCUT2D eigenvalue weighted by Crippen LogP contribution is 2.22. The number of hydrogen-bond acceptors (Lipinski definition) is 4. The van der Waals surface area contributed by atoms with Crippen molar-refractivity contribution < 1.29 is 4.74 Å². The van der Waals surface area contributed by atoms with Crippen LogP contribution in [0.2, 0.25) is 0 Å². The van der Waals surface area contributed by atoms with Gasteiger partial charge >= 0.3 is 0 Å². The predicted octanol–water partition coefficient (Wildman–Crippen LogP) is 2.11. The largest absolute Gasteiger partial charge is 0.370 e. The minimum Gasteiger partial charge on any atom is -0.370 e. The third kappa shape index (κ3) is 6.32. The predicted molar refractivity (Wildman–Crippen MR) is 120 cm³/mol. The van der Waals surface area contributed by atoms with E-state index in [2.05, 4.69) is 34.1 Å². The van der Waals surface area contributed by atoms with Crippen LogP contribution in [0.25, 0.3) is 0 Å². The zero-order chi connectivity index (χ0) is 18.4. The summed E-state index contributed by atoms with van der Waals surface area (Å²) in [6.07, 6.45) is 6.51. The highest BCUT2D eigenvalue weighted by molar-refractivity contribution is 14.0. The average molecular weight is 490 g/mol. The lowest BCUT2D eigenvalue weighted by Crippen LogP contribution is -2.48. The molecule has 0 saturated carbocycles. The third-order valence-electron chi connectivity index (χ3n) is 5.21. The van der Waals surface area contributed by atoms with Crippen LogP contribution in [0, 0.1) is 5.92 Å². The number of nitrogens with zero attached hydrogens (tertiary/aromatic N) is 5. The van der Waals surface area contributed by atoms with Crippen LogP contribution in [0.5, 0.6) is 0 Å². The van der Waals surface area contributed by atoms with Crippen LogP contribution < -0.4 is 5.32 Å². The number of rotatable bonds is 6. The number of aliphatic imine (C=N–C) groups is 1. The van der Waals surface area contributed by atoms with Crippen molar-refractivity contribution in [3.63, 3.8) is 0 Å². The fraction of sp³-hybridized carbons (Fsp3) is 0.789. The van der Waals surface area contributed by atoms with E-state index in [0.29, 0.717) is 5.92 Å². The SMILES string of the molecule is CCCN1CCC(CN=C(NCC)N2CCOC(c3cnn(C)c3)C2)C1.I. The highest BCUT2D eigenvalue weighted by atomic mass is 127. The van der Waals surface area contributed by atoms with E-state index in [4.69, 9.17) is 9.73 Å². The summed E-state index contributed by atoms with van der Waals surface area (Å²) in [6, 6.07) is 0. The Morgan fingerprint density at radius 3 is 2.89 bits per heavy atom. The summed E-state index contributed by atoms with van der Waals surface area (Å²) in [5.74, 6) is 1.71. The molecule has 7 nitrogen and oxygen atoms in total. The first kappa shape index (κ1) is 22.4. The molecule has 0 bridgehead atoms. The van der Waals surface area contributed by atoms with Crippen molar-refractivity contribution in [2.45, 2.75) is 32.8 Å². The quantitative estimate of drug-likeness (QED) is 0.376. The van der Waals surface area contributed by atoms with E-state index in [1.807, 2.05) is 24.1 Å². The van der Waals surface area contributed by atoms with Crippen LogP contribution in [-0.2, 0) is 11.8 Å². The Balaban J connectivity index is 0.00000261. The molecule has 27 heavy (non-hydrogen) atoms. The van der Waals surface area contributed by atoms with Gasteiger partial charge in [-0.1, -0.05) is 6.92 Å². The van der Waals surface area contributed by atoms with Crippen molar-refractivity contribution >= 4 is 29.9 Å². The first-order valence-electron chi connectivity index (χ1n) is 10.0. The highest BCUT2D eigenvalue weighted by Gasteiger charge is 2.26. The van der Waals surface area contributed by atoms with Crippen LogP contribution in [0.3, 0.4) is 0 Å². The number of aryl methyl sites for hydroxylation is 1. The van der Waals surface area contributed by atoms with Crippen molar-refractivity contribution in [1.29, 1.82) is 0 Å². The molecule has 0 radical (unpaired) electrons. The van der Waals surface area contributed by atoms with Crippen molar-refractivity contribution in [2.24, 2.45) is 18.0 Å². The number of guanidine groups is 1. The minimum atomic E-state index is 0. The zero-order valence-electron chi connectivity index (χ0n) is 16.9. The smallest absolute Gasteiger partial charge is 0.194 e. The van der Waals surface area contributed by atoms with Gasteiger partial charge in [0.1, 0.15) is 6.10 Å². The van der Waals surface area contributed by atoms with Crippen LogP contribution in [0.15, 0.2) is 17.4 Å². The van der Waals surface area contributed by atoms with Crippen LogP contribution >= 0.6 is 24.0 Å². The van der Waals surface area contributed by atoms with Gasteiger partial charge in [-0.3, -0.25) is 9.67 Å². The van der Waals surface area contributed by atoms with E-state index in [1.165, 1.54) is 32.5 Å². The van der Waals surface area contributed by atoms with E-state index in [-0.39, 0.29) is 30.1 Å². The molecule has 2 aliphatic rings. The first-order valence-corrected chi connectivity index (χ1v) is 10.0. The topological polar surface area (TPSA) is 57.9 Å². The first-order chi connectivity index (χ1) is 12.7. The second-order valence-electron chi connectivity index (χ2n) is 7.40. The van der Waals surface area contributed by atoms with E-state index < -0.39 is 0 Å². The van der Waals surface area contributed by atoms with Gasteiger partial charge in [0.05, 0.1) is 19.3 Å². The fourth-order valence-corrected chi connectivity index (χ4v) is 3.87. The lowest BCUT2D eigenvalue weighted by molar-refractivity contribution is -0.00806. The van der Waals surface area contributed by atoms with E-state index in [0.717, 1.165) is 44.3 Å². The molecule has 3 rings (SSSR count). The summed E-state index contributed by atoms with van der Waals surface area (Å²) in [7, 11) is 1.94. The van der Waals surface area contributed by atoms with Crippen molar-refractivity contribution in [2.75, 3.05) is 52.4 Å². The second-order valence-corrected chi connectivity index (χ2v) is 7.40. The number of morpholine rings is 1. The lowest BCUT2D eigenvalue weighted by atomic mass is 10.1. The molecule has 8 heteroatoms. The molecular weight excluding hydrogens is 455 g/mol. The minimum absolute atomic E-state index is 0. The maximum absolute atomic E-state index is 5.97. The van der Waals surface area contributed by atoms with E-state index >= 15 is 0 Å². The molecule has 0 amide bonds.